The van der Waals surface area contributed by atoms with Crippen molar-refractivity contribution in [2.45, 2.75) is 24.1 Å². The van der Waals surface area contributed by atoms with Gasteiger partial charge in [-0.05, 0) is 31.0 Å². The number of halogens is 2. The van der Waals surface area contributed by atoms with Crippen molar-refractivity contribution in [1.82, 2.24) is 5.32 Å². The molecular weight excluding hydrogens is 299 g/mol. The fourth-order valence-electron chi connectivity index (χ4n) is 1.81. The summed E-state index contributed by atoms with van der Waals surface area (Å²) in [7, 11) is 0. The Bertz CT molecular complexity index is 532. The molecule has 20 heavy (non-hydrogen) atoms. The van der Waals surface area contributed by atoms with Crippen LogP contribution in [0.1, 0.15) is 30.1 Å². The molecule has 0 spiro atoms. The maximum absolute atomic E-state index is 11.9. The fourth-order valence-corrected chi connectivity index (χ4v) is 2.31. The Morgan fingerprint density at radius 1 is 1.40 bits per heavy atom. The fraction of sp³-hybridized carbons (Fsp3) is 0.429. The van der Waals surface area contributed by atoms with Crippen molar-refractivity contribution in [3.05, 3.63) is 29.8 Å². The van der Waals surface area contributed by atoms with Crippen LogP contribution in [-0.2, 0) is 4.79 Å². The van der Waals surface area contributed by atoms with Crippen LogP contribution < -0.4 is 10.6 Å². The van der Waals surface area contributed by atoms with E-state index in [1.807, 2.05) is 6.92 Å². The molecule has 2 amide bonds. The van der Waals surface area contributed by atoms with E-state index < -0.39 is 4.33 Å². The second-order valence-electron chi connectivity index (χ2n) is 4.84. The van der Waals surface area contributed by atoms with Crippen molar-refractivity contribution in [2.75, 3.05) is 11.9 Å². The highest BCUT2D eigenvalue weighted by atomic mass is 35.5. The lowest BCUT2D eigenvalue weighted by Gasteiger charge is -2.08. The summed E-state index contributed by atoms with van der Waals surface area (Å²) in [5, 5.41) is 5.51. The predicted molar refractivity (Wildman–Crippen MR) is 80.2 cm³/mol. The lowest BCUT2D eigenvalue weighted by Crippen LogP contribution is -2.24. The molecular formula is C14H16Cl2N2O2. The molecule has 0 aromatic heterocycles. The minimum absolute atomic E-state index is 0.154. The van der Waals surface area contributed by atoms with Crippen LogP contribution in [0.4, 0.5) is 5.69 Å². The summed E-state index contributed by atoms with van der Waals surface area (Å²) in [6, 6.07) is 6.78. The van der Waals surface area contributed by atoms with Gasteiger partial charge in [-0.1, -0.05) is 13.0 Å². The minimum Gasteiger partial charge on any atom is -0.352 e. The van der Waals surface area contributed by atoms with Crippen LogP contribution in [0, 0.1) is 5.92 Å². The van der Waals surface area contributed by atoms with E-state index in [1.165, 1.54) is 0 Å². The molecule has 1 aromatic rings. The molecule has 2 rings (SSSR count). The number of nitrogens with one attached hydrogen (secondary N) is 2. The third kappa shape index (κ3) is 3.64. The first-order valence-electron chi connectivity index (χ1n) is 6.51. The van der Waals surface area contributed by atoms with Crippen molar-refractivity contribution in [2.24, 2.45) is 5.92 Å². The van der Waals surface area contributed by atoms with Gasteiger partial charge in [-0.15, -0.1) is 23.2 Å². The van der Waals surface area contributed by atoms with Crippen LogP contribution in [-0.4, -0.2) is 22.7 Å². The number of rotatable bonds is 5. The molecule has 0 heterocycles. The minimum atomic E-state index is -0.944. The molecule has 1 aliphatic carbocycles. The van der Waals surface area contributed by atoms with Gasteiger partial charge in [0.1, 0.15) is 4.33 Å². The summed E-state index contributed by atoms with van der Waals surface area (Å²) in [6.07, 6.45) is 1.33. The average molecular weight is 315 g/mol. The van der Waals surface area contributed by atoms with Gasteiger partial charge in [0.25, 0.3) is 5.91 Å². The van der Waals surface area contributed by atoms with E-state index in [1.54, 1.807) is 24.3 Å². The number of amides is 2. The summed E-state index contributed by atoms with van der Waals surface area (Å²) in [5.74, 6) is -0.761. The quantitative estimate of drug-likeness (QED) is 0.821. The summed E-state index contributed by atoms with van der Waals surface area (Å²) in [6.45, 7) is 2.61. The number of carbonyl (C=O) groups is 2. The summed E-state index contributed by atoms with van der Waals surface area (Å²) < 4.78 is -0.944. The Morgan fingerprint density at radius 3 is 2.70 bits per heavy atom. The van der Waals surface area contributed by atoms with Crippen LogP contribution in [0.3, 0.4) is 0 Å². The van der Waals surface area contributed by atoms with E-state index >= 15 is 0 Å². The van der Waals surface area contributed by atoms with E-state index in [4.69, 9.17) is 23.2 Å². The molecule has 0 aliphatic heterocycles. The molecule has 2 N–H and O–H groups in total. The normalized spacial score (nSPS) is 19.2. The smallest absolute Gasteiger partial charge is 0.251 e. The Morgan fingerprint density at radius 2 is 2.10 bits per heavy atom. The zero-order valence-electron chi connectivity index (χ0n) is 11.1. The van der Waals surface area contributed by atoms with Crippen LogP contribution in [0.15, 0.2) is 24.3 Å². The summed E-state index contributed by atoms with van der Waals surface area (Å²) in [4.78, 5) is 23.7. The molecule has 4 nitrogen and oxygen atoms in total. The third-order valence-electron chi connectivity index (χ3n) is 3.07. The molecule has 1 aliphatic rings. The van der Waals surface area contributed by atoms with Crippen LogP contribution in [0.5, 0.6) is 0 Å². The summed E-state index contributed by atoms with van der Waals surface area (Å²) >= 11 is 11.7. The maximum atomic E-state index is 11.9. The van der Waals surface area contributed by atoms with Crippen molar-refractivity contribution >= 4 is 40.7 Å². The van der Waals surface area contributed by atoms with Crippen molar-refractivity contribution < 1.29 is 9.59 Å². The monoisotopic (exact) mass is 314 g/mol. The Labute approximate surface area is 127 Å². The first-order chi connectivity index (χ1) is 9.44. The lowest BCUT2D eigenvalue weighted by atomic mass is 10.2. The van der Waals surface area contributed by atoms with Crippen LogP contribution in [0.25, 0.3) is 0 Å². The van der Waals surface area contributed by atoms with Gasteiger partial charge in [-0.2, -0.15) is 0 Å². The SMILES string of the molecule is CCCNC(=O)c1cccc(NC(=O)C2CC2(Cl)Cl)c1. The zero-order chi connectivity index (χ0) is 14.8. The van der Waals surface area contributed by atoms with Gasteiger partial charge in [-0.25, -0.2) is 0 Å². The highest BCUT2D eigenvalue weighted by Crippen LogP contribution is 2.53. The van der Waals surface area contributed by atoms with Crippen molar-refractivity contribution in [3.63, 3.8) is 0 Å². The predicted octanol–water partition coefficient (Wildman–Crippen LogP) is 2.96. The Balaban J connectivity index is 1.99. The summed E-state index contributed by atoms with van der Waals surface area (Å²) in [5.41, 5.74) is 1.07. The zero-order valence-corrected chi connectivity index (χ0v) is 12.6. The van der Waals surface area contributed by atoms with Gasteiger partial charge in [0, 0.05) is 17.8 Å². The van der Waals surface area contributed by atoms with Gasteiger partial charge >= 0.3 is 0 Å². The highest BCUT2D eigenvalue weighted by molar-refractivity contribution is 6.52. The maximum Gasteiger partial charge on any atom is 0.251 e. The molecule has 6 heteroatoms. The average Bonchev–Trinajstić information content (AvgIpc) is 3.05. The Hall–Kier alpha value is -1.26. The third-order valence-corrected chi connectivity index (χ3v) is 3.91. The number of hydrogen-bond donors (Lipinski definition) is 2. The highest BCUT2D eigenvalue weighted by Gasteiger charge is 2.56. The standard InChI is InChI=1S/C14H16Cl2N2O2/c1-2-6-17-12(19)9-4-3-5-10(7-9)18-13(20)11-8-14(11,15)16/h3-5,7,11H,2,6,8H2,1H3,(H,17,19)(H,18,20). The Kier molecular flexibility index (Phi) is 4.55. The van der Waals surface area contributed by atoms with Gasteiger partial charge in [-0.3, -0.25) is 9.59 Å². The van der Waals surface area contributed by atoms with E-state index in [9.17, 15) is 9.59 Å². The molecule has 1 fully saturated rings. The van der Waals surface area contributed by atoms with Gasteiger partial charge in [0.2, 0.25) is 5.91 Å². The molecule has 108 valence electrons. The van der Waals surface area contributed by atoms with Crippen LogP contribution >= 0.6 is 23.2 Å². The molecule has 0 radical (unpaired) electrons. The first-order valence-corrected chi connectivity index (χ1v) is 7.26. The van der Waals surface area contributed by atoms with Gasteiger partial charge < -0.3 is 10.6 Å². The van der Waals surface area contributed by atoms with Crippen molar-refractivity contribution in [3.8, 4) is 0 Å². The largest absolute Gasteiger partial charge is 0.352 e. The molecule has 1 atom stereocenters. The molecule has 1 unspecified atom stereocenters. The van der Waals surface area contributed by atoms with Crippen molar-refractivity contribution in [1.29, 1.82) is 0 Å². The second-order valence-corrected chi connectivity index (χ2v) is 6.39. The number of alkyl halides is 2. The molecule has 1 saturated carbocycles. The van der Waals surface area contributed by atoms with Crippen LogP contribution in [0.2, 0.25) is 0 Å². The number of anilines is 1. The van der Waals surface area contributed by atoms with Gasteiger partial charge in [0.05, 0.1) is 5.92 Å². The topological polar surface area (TPSA) is 58.2 Å². The van der Waals surface area contributed by atoms with E-state index in [2.05, 4.69) is 10.6 Å². The second kappa shape index (κ2) is 6.02. The number of benzene rings is 1. The van der Waals surface area contributed by atoms with E-state index in [0.717, 1.165) is 6.42 Å². The first kappa shape index (κ1) is 15.1. The van der Waals surface area contributed by atoms with E-state index in [0.29, 0.717) is 24.2 Å². The number of hydrogen-bond acceptors (Lipinski definition) is 2. The lowest BCUT2D eigenvalue weighted by molar-refractivity contribution is -0.117. The van der Waals surface area contributed by atoms with E-state index in [-0.39, 0.29) is 17.7 Å². The molecule has 0 bridgehead atoms. The molecule has 0 saturated heterocycles. The molecule has 1 aromatic carbocycles. The van der Waals surface area contributed by atoms with Gasteiger partial charge in [0.15, 0.2) is 0 Å². The number of carbonyl (C=O) groups excluding carboxylic acids is 2.